The number of halogens is 7. The third-order valence-electron chi connectivity index (χ3n) is 5.50. The number of alkyl halides is 6. The molecule has 2 amide bonds. The van der Waals surface area contributed by atoms with Gasteiger partial charge in [0, 0.05) is 16.7 Å². The Morgan fingerprint density at radius 1 is 1.02 bits per heavy atom. The first-order chi connectivity index (χ1) is 19.5. The Kier molecular flexibility index (Phi) is 8.38. The first kappa shape index (κ1) is 30.6. The molecule has 0 saturated carbocycles. The van der Waals surface area contributed by atoms with Gasteiger partial charge >= 0.3 is 12.4 Å². The van der Waals surface area contributed by atoms with Crippen molar-refractivity contribution >= 4 is 33.4 Å². The molecule has 0 aliphatic rings. The maximum Gasteiger partial charge on any atom is 0.455 e. The van der Waals surface area contributed by atoms with Crippen LogP contribution in [-0.4, -0.2) is 52.8 Å². The number of hydrogen-bond acceptors (Lipinski definition) is 7. The number of hydrogen-bond donors (Lipinski definition) is 2. The summed E-state index contributed by atoms with van der Waals surface area (Å²) in [5, 5.41) is 18.7. The van der Waals surface area contributed by atoms with Crippen LogP contribution in [0.4, 0.5) is 32.0 Å². The number of carbonyl (C=O) groups is 2. The maximum atomic E-state index is 13.8. The van der Waals surface area contributed by atoms with Crippen molar-refractivity contribution in [2.75, 3.05) is 5.32 Å². The van der Waals surface area contributed by atoms with Gasteiger partial charge in [-0.3, -0.25) is 9.59 Å². The largest absolute Gasteiger partial charge is 0.455 e. The Labute approximate surface area is 241 Å². The van der Waals surface area contributed by atoms with Crippen LogP contribution in [0.2, 0.25) is 0 Å². The summed E-state index contributed by atoms with van der Waals surface area (Å²) in [5.74, 6) is -3.82. The monoisotopic (exact) mass is 659 g/mol. The van der Waals surface area contributed by atoms with E-state index in [9.17, 15) is 35.9 Å². The van der Waals surface area contributed by atoms with Crippen LogP contribution in [0.15, 0.2) is 41.0 Å². The van der Waals surface area contributed by atoms with Gasteiger partial charge in [0.15, 0.2) is 5.82 Å². The van der Waals surface area contributed by atoms with Gasteiger partial charge in [-0.15, -0.1) is 10.2 Å². The summed E-state index contributed by atoms with van der Waals surface area (Å²) in [4.78, 5) is 30.7. The molecular formula is C24H20BrF6N9O2. The highest BCUT2D eigenvalue weighted by Gasteiger charge is 2.38. The standard InChI is InChI=1S/C24H20BrF6N9O2/c1-11(2)33-20(41)15-8-13(25)7-12(3)18(15)34-21(42)17-9-14(10-39-37-22(35-38-39)24(29,30)31)36-40(17)19-16(23(26,27)28)5-4-6-32-19/h4-9,11H,10H2,1-3H3,(H,33,41)(H,34,42). The second-order valence-corrected chi connectivity index (χ2v) is 10.1. The molecule has 0 radical (unpaired) electrons. The second-order valence-electron chi connectivity index (χ2n) is 9.17. The van der Waals surface area contributed by atoms with Gasteiger partial charge < -0.3 is 10.6 Å². The third-order valence-corrected chi connectivity index (χ3v) is 5.96. The van der Waals surface area contributed by atoms with Crippen molar-refractivity contribution in [1.29, 1.82) is 0 Å². The third kappa shape index (κ3) is 6.75. The summed E-state index contributed by atoms with van der Waals surface area (Å²) in [5.41, 5.74) is -1.31. The summed E-state index contributed by atoms with van der Waals surface area (Å²) in [6.45, 7) is 4.48. The molecule has 0 aliphatic carbocycles. The molecule has 3 aromatic heterocycles. The number of aryl methyl sites for hydroxylation is 1. The van der Waals surface area contributed by atoms with E-state index in [2.05, 4.69) is 52.1 Å². The molecule has 0 fully saturated rings. The summed E-state index contributed by atoms with van der Waals surface area (Å²) < 4.78 is 81.4. The lowest BCUT2D eigenvalue weighted by atomic mass is 10.1. The van der Waals surface area contributed by atoms with Crippen molar-refractivity contribution in [2.45, 2.75) is 45.7 Å². The molecule has 11 nitrogen and oxygen atoms in total. The molecule has 222 valence electrons. The minimum Gasteiger partial charge on any atom is -0.350 e. The molecule has 0 saturated heterocycles. The molecule has 4 rings (SSSR count). The Bertz CT molecular complexity index is 1650. The molecular weight excluding hydrogens is 640 g/mol. The number of amides is 2. The fraction of sp³-hybridized carbons (Fsp3) is 0.292. The van der Waals surface area contributed by atoms with Crippen LogP contribution in [-0.2, 0) is 18.9 Å². The topological polar surface area (TPSA) is 133 Å². The average molecular weight is 660 g/mol. The van der Waals surface area contributed by atoms with Crippen molar-refractivity contribution in [2.24, 2.45) is 0 Å². The smallest absolute Gasteiger partial charge is 0.350 e. The average Bonchev–Trinajstić information content (AvgIpc) is 3.52. The van der Waals surface area contributed by atoms with E-state index >= 15 is 0 Å². The highest BCUT2D eigenvalue weighted by molar-refractivity contribution is 9.10. The van der Waals surface area contributed by atoms with Gasteiger partial charge in [0.2, 0.25) is 0 Å². The van der Waals surface area contributed by atoms with E-state index in [1.165, 1.54) is 6.07 Å². The second kappa shape index (κ2) is 11.5. The van der Waals surface area contributed by atoms with E-state index < -0.39 is 53.6 Å². The summed E-state index contributed by atoms with van der Waals surface area (Å²) in [6.07, 6.45) is -8.74. The molecule has 0 atom stereocenters. The van der Waals surface area contributed by atoms with Gasteiger partial charge in [0.25, 0.3) is 17.6 Å². The van der Waals surface area contributed by atoms with Gasteiger partial charge in [0.1, 0.15) is 17.8 Å². The van der Waals surface area contributed by atoms with E-state index in [1.807, 2.05) is 0 Å². The van der Waals surface area contributed by atoms with Crippen molar-refractivity contribution in [1.82, 2.24) is 40.3 Å². The number of nitrogens with zero attached hydrogens (tertiary/aromatic N) is 7. The Hall–Kier alpha value is -4.35. The van der Waals surface area contributed by atoms with Gasteiger partial charge in [-0.05, 0) is 61.9 Å². The molecule has 0 unspecified atom stereocenters. The first-order valence-corrected chi connectivity index (χ1v) is 12.7. The van der Waals surface area contributed by atoms with Gasteiger partial charge in [-0.1, -0.05) is 15.9 Å². The molecule has 3 heterocycles. The molecule has 0 aliphatic heterocycles. The van der Waals surface area contributed by atoms with E-state index in [1.54, 1.807) is 26.8 Å². The Morgan fingerprint density at radius 2 is 1.74 bits per heavy atom. The molecule has 1 aromatic carbocycles. The zero-order valence-corrected chi connectivity index (χ0v) is 23.4. The lowest BCUT2D eigenvalue weighted by molar-refractivity contribution is -0.145. The Balaban J connectivity index is 1.81. The van der Waals surface area contributed by atoms with E-state index in [0.29, 0.717) is 19.5 Å². The summed E-state index contributed by atoms with van der Waals surface area (Å²) in [6, 6.07) is 5.63. The van der Waals surface area contributed by atoms with E-state index in [-0.39, 0.29) is 23.0 Å². The number of nitrogens with one attached hydrogen (secondary N) is 2. The van der Waals surface area contributed by atoms with Gasteiger partial charge in [0.05, 0.1) is 16.9 Å². The van der Waals surface area contributed by atoms with Gasteiger partial charge in [-0.25, -0.2) is 9.67 Å². The molecule has 0 spiro atoms. The lowest BCUT2D eigenvalue weighted by Gasteiger charge is -2.17. The SMILES string of the molecule is Cc1cc(Br)cc(C(=O)NC(C)C)c1NC(=O)c1cc(Cn2nnc(C(F)(F)F)n2)nn1-c1ncccc1C(F)(F)F. The molecule has 4 aromatic rings. The fourth-order valence-corrected chi connectivity index (χ4v) is 4.36. The summed E-state index contributed by atoms with van der Waals surface area (Å²) >= 11 is 3.30. The van der Waals surface area contributed by atoms with Crippen molar-refractivity contribution in [3.05, 3.63) is 74.9 Å². The predicted molar refractivity (Wildman–Crippen MR) is 138 cm³/mol. The Morgan fingerprint density at radius 3 is 2.36 bits per heavy atom. The number of aromatic nitrogens is 7. The zero-order valence-electron chi connectivity index (χ0n) is 21.8. The van der Waals surface area contributed by atoms with Crippen LogP contribution < -0.4 is 10.6 Å². The maximum absolute atomic E-state index is 13.8. The van der Waals surface area contributed by atoms with Gasteiger partial charge in [-0.2, -0.15) is 36.2 Å². The van der Waals surface area contributed by atoms with Crippen molar-refractivity contribution in [3.63, 3.8) is 0 Å². The van der Waals surface area contributed by atoms with E-state index in [0.717, 1.165) is 24.4 Å². The van der Waals surface area contributed by atoms with Crippen molar-refractivity contribution in [3.8, 4) is 5.82 Å². The molecule has 2 N–H and O–H groups in total. The number of rotatable bonds is 7. The number of carbonyl (C=O) groups excluding carboxylic acids is 2. The minimum absolute atomic E-state index is 0.0653. The fourth-order valence-electron chi connectivity index (χ4n) is 3.79. The van der Waals surface area contributed by atoms with Crippen LogP contribution in [0.1, 0.15) is 57.3 Å². The minimum atomic E-state index is -4.90. The number of pyridine rings is 1. The predicted octanol–water partition coefficient (Wildman–Crippen LogP) is 4.80. The highest BCUT2D eigenvalue weighted by atomic mass is 79.9. The zero-order chi connectivity index (χ0) is 31.0. The molecule has 42 heavy (non-hydrogen) atoms. The number of tetrazole rings is 1. The van der Waals surface area contributed by atoms with E-state index in [4.69, 9.17) is 0 Å². The molecule has 0 bridgehead atoms. The van der Waals surface area contributed by atoms with Crippen LogP contribution >= 0.6 is 15.9 Å². The normalized spacial score (nSPS) is 12.1. The van der Waals surface area contributed by atoms with Crippen LogP contribution in [0.3, 0.4) is 0 Å². The number of benzene rings is 1. The number of anilines is 1. The molecule has 18 heteroatoms. The highest BCUT2D eigenvalue weighted by Crippen LogP contribution is 2.33. The van der Waals surface area contributed by atoms with Crippen LogP contribution in [0.25, 0.3) is 5.82 Å². The first-order valence-electron chi connectivity index (χ1n) is 11.9. The van der Waals surface area contributed by atoms with Crippen LogP contribution in [0, 0.1) is 6.92 Å². The lowest BCUT2D eigenvalue weighted by Crippen LogP contribution is -2.31. The van der Waals surface area contributed by atoms with Crippen molar-refractivity contribution < 1.29 is 35.9 Å². The quantitative estimate of drug-likeness (QED) is 0.272. The van der Waals surface area contributed by atoms with Crippen LogP contribution in [0.5, 0.6) is 0 Å². The summed E-state index contributed by atoms with van der Waals surface area (Å²) in [7, 11) is 0.